The largest absolute Gasteiger partial charge is 0.376 e. The number of hydrogen-bond donors (Lipinski definition) is 0. The monoisotopic (exact) mass is 426 g/mol. The molecule has 1 aromatic heterocycles. The molecule has 3 heterocycles. The molecule has 5 heteroatoms. The van der Waals surface area contributed by atoms with E-state index >= 15 is 0 Å². The Labute approximate surface area is 184 Å². The van der Waals surface area contributed by atoms with Gasteiger partial charge in [-0.15, -0.1) is 11.3 Å². The number of carbonyl (C=O) groups is 1. The highest BCUT2D eigenvalue weighted by Crippen LogP contribution is 2.25. The highest BCUT2D eigenvalue weighted by atomic mass is 32.1. The van der Waals surface area contributed by atoms with Crippen LogP contribution in [0.4, 0.5) is 0 Å². The Bertz CT molecular complexity index is 835. The first-order valence-corrected chi connectivity index (χ1v) is 12.2. The molecule has 1 amide bonds. The molecular weight excluding hydrogens is 392 g/mol. The maximum absolute atomic E-state index is 13.3. The standard InChI is InChI=1S/C25H34N2O2S/c1-19-6-3-4-7-22(19)17-26-12-9-21(10-13-26)16-27(18-23-8-5-14-29-23)25(28)24-20(2)11-15-30-24/h3-4,6-7,11,15,21,23H,5,8-10,12-14,16-18H2,1-2H3/t23-/m0/s1. The smallest absolute Gasteiger partial charge is 0.264 e. The topological polar surface area (TPSA) is 32.8 Å². The van der Waals surface area contributed by atoms with Crippen LogP contribution in [0.1, 0.15) is 52.0 Å². The molecule has 4 nitrogen and oxygen atoms in total. The summed E-state index contributed by atoms with van der Waals surface area (Å²) >= 11 is 1.57. The van der Waals surface area contributed by atoms with Crippen LogP contribution in [0.25, 0.3) is 0 Å². The molecule has 2 aromatic rings. The molecule has 0 unspecified atom stereocenters. The Hall–Kier alpha value is -1.69. The molecule has 2 aliphatic rings. The zero-order valence-electron chi connectivity index (χ0n) is 18.3. The average Bonchev–Trinajstić information content (AvgIpc) is 3.42. The zero-order valence-corrected chi connectivity index (χ0v) is 19.1. The van der Waals surface area contributed by atoms with E-state index in [1.54, 1.807) is 11.3 Å². The fourth-order valence-electron chi connectivity index (χ4n) is 4.68. The highest BCUT2D eigenvalue weighted by molar-refractivity contribution is 7.12. The summed E-state index contributed by atoms with van der Waals surface area (Å²) in [5, 5.41) is 2.02. The number of carbonyl (C=O) groups excluding carboxylic acids is 1. The number of rotatable bonds is 7. The minimum absolute atomic E-state index is 0.195. The molecule has 0 saturated carbocycles. The predicted molar refractivity (Wildman–Crippen MR) is 123 cm³/mol. The molecule has 2 fully saturated rings. The fourth-order valence-corrected chi connectivity index (χ4v) is 5.57. The fraction of sp³-hybridized carbons (Fsp3) is 0.560. The average molecular weight is 427 g/mol. The lowest BCUT2D eigenvalue weighted by Gasteiger charge is -2.35. The summed E-state index contributed by atoms with van der Waals surface area (Å²) in [7, 11) is 0. The summed E-state index contributed by atoms with van der Waals surface area (Å²) in [6, 6.07) is 10.7. The van der Waals surface area contributed by atoms with Crippen LogP contribution < -0.4 is 0 Å². The van der Waals surface area contributed by atoms with Crippen LogP contribution >= 0.6 is 11.3 Å². The van der Waals surface area contributed by atoms with Crippen molar-refractivity contribution in [2.24, 2.45) is 5.92 Å². The number of hydrogen-bond acceptors (Lipinski definition) is 4. The van der Waals surface area contributed by atoms with Gasteiger partial charge in [-0.3, -0.25) is 9.69 Å². The number of likely N-dealkylation sites (tertiary alicyclic amines) is 1. The summed E-state index contributed by atoms with van der Waals surface area (Å²) in [5.74, 6) is 0.768. The van der Waals surface area contributed by atoms with Gasteiger partial charge in [0.15, 0.2) is 0 Å². The van der Waals surface area contributed by atoms with Gasteiger partial charge in [0.25, 0.3) is 5.91 Å². The van der Waals surface area contributed by atoms with Crippen molar-refractivity contribution in [3.63, 3.8) is 0 Å². The van der Waals surface area contributed by atoms with Crippen molar-refractivity contribution in [1.82, 2.24) is 9.80 Å². The minimum atomic E-state index is 0.195. The number of nitrogens with zero attached hydrogens (tertiary/aromatic N) is 2. The van der Waals surface area contributed by atoms with Gasteiger partial charge in [-0.25, -0.2) is 0 Å². The van der Waals surface area contributed by atoms with Gasteiger partial charge in [-0.2, -0.15) is 0 Å². The van der Waals surface area contributed by atoms with E-state index < -0.39 is 0 Å². The number of aryl methyl sites for hydroxylation is 2. The number of piperidine rings is 1. The van der Waals surface area contributed by atoms with Crippen molar-refractivity contribution in [1.29, 1.82) is 0 Å². The van der Waals surface area contributed by atoms with Crippen molar-refractivity contribution in [2.75, 3.05) is 32.8 Å². The van der Waals surface area contributed by atoms with Gasteiger partial charge in [-0.05, 0) is 86.7 Å². The minimum Gasteiger partial charge on any atom is -0.376 e. The third-order valence-electron chi connectivity index (χ3n) is 6.63. The van der Waals surface area contributed by atoms with E-state index in [1.165, 1.54) is 11.1 Å². The third-order valence-corrected chi connectivity index (χ3v) is 7.64. The van der Waals surface area contributed by atoms with Gasteiger partial charge in [0, 0.05) is 26.2 Å². The second kappa shape index (κ2) is 10.1. The Morgan fingerprint density at radius 1 is 1.10 bits per heavy atom. The van der Waals surface area contributed by atoms with Crippen molar-refractivity contribution in [3.05, 3.63) is 57.3 Å². The van der Waals surface area contributed by atoms with E-state index in [0.717, 1.165) is 75.5 Å². The maximum atomic E-state index is 13.3. The lowest BCUT2D eigenvalue weighted by Crippen LogP contribution is -2.43. The van der Waals surface area contributed by atoms with E-state index in [-0.39, 0.29) is 12.0 Å². The van der Waals surface area contributed by atoms with Gasteiger partial charge in [0.05, 0.1) is 11.0 Å². The van der Waals surface area contributed by atoms with E-state index in [0.29, 0.717) is 5.92 Å². The lowest BCUT2D eigenvalue weighted by atomic mass is 9.95. The van der Waals surface area contributed by atoms with Crippen molar-refractivity contribution < 1.29 is 9.53 Å². The molecule has 0 aliphatic carbocycles. The van der Waals surface area contributed by atoms with E-state index in [4.69, 9.17) is 4.74 Å². The summed E-state index contributed by atoms with van der Waals surface area (Å²) < 4.78 is 5.87. The molecule has 2 saturated heterocycles. The summed E-state index contributed by atoms with van der Waals surface area (Å²) in [4.78, 5) is 18.9. The van der Waals surface area contributed by atoms with E-state index in [9.17, 15) is 4.79 Å². The summed E-state index contributed by atoms with van der Waals surface area (Å²) in [5.41, 5.74) is 3.90. The highest BCUT2D eigenvalue weighted by Gasteiger charge is 2.28. The van der Waals surface area contributed by atoms with Crippen molar-refractivity contribution >= 4 is 17.2 Å². The second-order valence-corrected chi connectivity index (χ2v) is 9.84. The molecule has 0 N–H and O–H groups in total. The quantitative estimate of drug-likeness (QED) is 0.631. The van der Waals surface area contributed by atoms with Crippen LogP contribution in [0.3, 0.4) is 0 Å². The molecule has 0 bridgehead atoms. The molecule has 0 radical (unpaired) electrons. The molecule has 1 atom stereocenters. The zero-order chi connectivity index (χ0) is 20.9. The van der Waals surface area contributed by atoms with Crippen molar-refractivity contribution in [2.45, 2.75) is 52.2 Å². The van der Waals surface area contributed by atoms with Crippen molar-refractivity contribution in [3.8, 4) is 0 Å². The Kier molecular flexibility index (Phi) is 7.24. The van der Waals surface area contributed by atoms with Gasteiger partial charge in [0.1, 0.15) is 0 Å². The Morgan fingerprint density at radius 2 is 1.90 bits per heavy atom. The first kappa shape index (κ1) is 21.5. The van der Waals surface area contributed by atoms with Gasteiger partial charge in [0.2, 0.25) is 0 Å². The Balaban J connectivity index is 1.35. The summed E-state index contributed by atoms with van der Waals surface area (Å²) in [6.07, 6.45) is 4.70. The number of ether oxygens (including phenoxy) is 1. The number of amides is 1. The van der Waals surface area contributed by atoms with Gasteiger partial charge >= 0.3 is 0 Å². The van der Waals surface area contributed by atoms with E-state index in [1.807, 2.05) is 18.4 Å². The predicted octanol–water partition coefficient (Wildman–Crippen LogP) is 4.90. The maximum Gasteiger partial charge on any atom is 0.264 e. The molecule has 0 spiro atoms. The lowest BCUT2D eigenvalue weighted by molar-refractivity contribution is 0.0447. The SMILES string of the molecule is Cc1ccccc1CN1CCC(CN(C[C@@H]2CCCO2)C(=O)c2sccc2C)CC1. The molecule has 1 aromatic carbocycles. The van der Waals surface area contributed by atoms with Crippen LogP contribution in [0, 0.1) is 19.8 Å². The molecule has 30 heavy (non-hydrogen) atoms. The van der Waals surface area contributed by atoms with Crippen LogP contribution in [0.5, 0.6) is 0 Å². The molecule has 2 aliphatic heterocycles. The van der Waals surface area contributed by atoms with Crippen LogP contribution in [-0.2, 0) is 11.3 Å². The van der Waals surface area contributed by atoms with Crippen LogP contribution in [0.15, 0.2) is 35.7 Å². The van der Waals surface area contributed by atoms with E-state index in [2.05, 4.69) is 41.0 Å². The number of thiophene rings is 1. The first-order chi connectivity index (χ1) is 14.6. The molecular formula is C25H34N2O2S. The molecule has 4 rings (SSSR count). The number of benzene rings is 1. The third kappa shape index (κ3) is 5.32. The molecule has 162 valence electrons. The first-order valence-electron chi connectivity index (χ1n) is 11.3. The summed E-state index contributed by atoms with van der Waals surface area (Å²) in [6.45, 7) is 9.92. The van der Waals surface area contributed by atoms with Crippen LogP contribution in [-0.4, -0.2) is 54.6 Å². The van der Waals surface area contributed by atoms with Gasteiger partial charge < -0.3 is 9.64 Å². The normalized spacial score (nSPS) is 20.5. The van der Waals surface area contributed by atoms with Gasteiger partial charge in [-0.1, -0.05) is 24.3 Å². The van der Waals surface area contributed by atoms with Crippen LogP contribution in [0.2, 0.25) is 0 Å². The Morgan fingerprint density at radius 3 is 2.57 bits per heavy atom. The second-order valence-electron chi connectivity index (χ2n) is 8.92.